The number of carbonyl (C=O) groups is 1. The van der Waals surface area contributed by atoms with Gasteiger partial charge in [-0.1, -0.05) is 26.0 Å². The van der Waals surface area contributed by atoms with Crippen molar-refractivity contribution in [3.8, 4) is 0 Å². The molecule has 1 fully saturated rings. The second kappa shape index (κ2) is 5.92. The van der Waals surface area contributed by atoms with E-state index in [2.05, 4.69) is 5.32 Å². The van der Waals surface area contributed by atoms with Crippen molar-refractivity contribution in [2.75, 3.05) is 6.54 Å². The zero-order valence-electron chi connectivity index (χ0n) is 12.2. The molecule has 0 bridgehead atoms. The maximum Gasteiger partial charge on any atom is 0.236 e. The normalized spacial score (nSPS) is 17.9. The van der Waals surface area contributed by atoms with Crippen LogP contribution in [0.4, 0.5) is 4.39 Å². The molecule has 0 saturated heterocycles. The smallest absolute Gasteiger partial charge is 0.236 e. The quantitative estimate of drug-likeness (QED) is 0.839. The first-order valence-corrected chi connectivity index (χ1v) is 7.22. The van der Waals surface area contributed by atoms with Gasteiger partial charge in [0.2, 0.25) is 5.91 Å². The molecule has 1 amide bonds. The molecule has 1 aromatic rings. The van der Waals surface area contributed by atoms with Crippen LogP contribution < -0.4 is 11.1 Å². The van der Waals surface area contributed by atoms with Crippen LogP contribution in [0, 0.1) is 11.7 Å². The highest BCUT2D eigenvalue weighted by Crippen LogP contribution is 2.47. The Morgan fingerprint density at radius 2 is 2.15 bits per heavy atom. The monoisotopic (exact) mass is 278 g/mol. The molecule has 0 aliphatic heterocycles. The number of rotatable bonds is 6. The zero-order chi connectivity index (χ0) is 14.8. The van der Waals surface area contributed by atoms with E-state index in [9.17, 15) is 9.18 Å². The lowest BCUT2D eigenvalue weighted by Gasteiger charge is -2.19. The van der Waals surface area contributed by atoms with Gasteiger partial charge in [0.1, 0.15) is 5.82 Å². The van der Waals surface area contributed by atoms with Crippen LogP contribution in [0.3, 0.4) is 0 Å². The van der Waals surface area contributed by atoms with Crippen molar-refractivity contribution in [3.63, 3.8) is 0 Å². The van der Waals surface area contributed by atoms with Gasteiger partial charge in [-0.05, 0) is 42.9 Å². The summed E-state index contributed by atoms with van der Waals surface area (Å²) in [5, 5.41) is 2.92. The fraction of sp³-hybridized carbons (Fsp3) is 0.562. The predicted molar refractivity (Wildman–Crippen MR) is 77.8 cm³/mol. The Bertz CT molecular complexity index is 483. The maximum atomic E-state index is 13.3. The van der Waals surface area contributed by atoms with Gasteiger partial charge in [0.25, 0.3) is 0 Å². The Kier molecular flexibility index (Phi) is 4.43. The van der Waals surface area contributed by atoms with Crippen molar-refractivity contribution in [2.24, 2.45) is 11.7 Å². The summed E-state index contributed by atoms with van der Waals surface area (Å²) in [5.74, 6) is 0.0619. The third-order valence-corrected chi connectivity index (χ3v) is 3.95. The van der Waals surface area contributed by atoms with Crippen molar-refractivity contribution in [3.05, 3.63) is 35.6 Å². The molecular weight excluding hydrogens is 255 g/mol. The predicted octanol–water partition coefficient (Wildman–Crippen LogP) is 2.35. The van der Waals surface area contributed by atoms with E-state index in [4.69, 9.17) is 5.73 Å². The summed E-state index contributed by atoms with van der Waals surface area (Å²) in [6.07, 6.45) is 2.64. The van der Waals surface area contributed by atoms with Crippen molar-refractivity contribution in [1.29, 1.82) is 0 Å². The first kappa shape index (κ1) is 15.0. The topological polar surface area (TPSA) is 55.1 Å². The van der Waals surface area contributed by atoms with E-state index in [0.717, 1.165) is 18.4 Å². The first-order valence-electron chi connectivity index (χ1n) is 7.22. The van der Waals surface area contributed by atoms with E-state index in [-0.39, 0.29) is 17.1 Å². The number of nitrogens with two attached hydrogens (primary N) is 1. The largest absolute Gasteiger partial charge is 0.354 e. The van der Waals surface area contributed by atoms with Crippen molar-refractivity contribution < 1.29 is 9.18 Å². The lowest BCUT2D eigenvalue weighted by atomic mass is 9.95. The molecule has 4 heteroatoms. The van der Waals surface area contributed by atoms with Crippen LogP contribution in [0.25, 0.3) is 0 Å². The highest BCUT2D eigenvalue weighted by Gasteiger charge is 2.44. The molecule has 0 radical (unpaired) electrons. The van der Waals surface area contributed by atoms with Gasteiger partial charge in [-0.3, -0.25) is 4.79 Å². The van der Waals surface area contributed by atoms with Crippen LogP contribution in [-0.4, -0.2) is 18.5 Å². The minimum atomic E-state index is -0.460. The summed E-state index contributed by atoms with van der Waals surface area (Å²) in [4.78, 5) is 11.9. The Labute approximate surface area is 119 Å². The molecule has 1 aliphatic rings. The van der Waals surface area contributed by atoms with E-state index < -0.39 is 6.04 Å². The Morgan fingerprint density at radius 1 is 1.45 bits per heavy atom. The molecule has 1 saturated carbocycles. The molecule has 2 rings (SSSR count). The molecule has 3 N–H and O–H groups in total. The molecule has 1 atom stereocenters. The number of hydrogen-bond acceptors (Lipinski definition) is 2. The highest BCUT2D eigenvalue weighted by atomic mass is 19.1. The lowest BCUT2D eigenvalue weighted by Crippen LogP contribution is -2.44. The molecule has 0 heterocycles. The van der Waals surface area contributed by atoms with Crippen molar-refractivity contribution in [1.82, 2.24) is 5.32 Å². The summed E-state index contributed by atoms with van der Waals surface area (Å²) < 4.78 is 13.3. The summed E-state index contributed by atoms with van der Waals surface area (Å²) in [6, 6.07) is 6.19. The Hall–Kier alpha value is -1.42. The number of hydrogen-bond donors (Lipinski definition) is 2. The van der Waals surface area contributed by atoms with Crippen LogP contribution in [-0.2, 0) is 10.2 Å². The van der Waals surface area contributed by atoms with Gasteiger partial charge in [0.05, 0.1) is 6.04 Å². The number of nitrogens with one attached hydrogen (secondary N) is 1. The fourth-order valence-electron chi connectivity index (χ4n) is 2.54. The summed E-state index contributed by atoms with van der Waals surface area (Å²) >= 11 is 0. The zero-order valence-corrected chi connectivity index (χ0v) is 12.2. The fourth-order valence-corrected chi connectivity index (χ4v) is 2.54. The third kappa shape index (κ3) is 3.57. The molecule has 0 unspecified atom stereocenters. The minimum Gasteiger partial charge on any atom is -0.354 e. The average Bonchev–Trinajstić information content (AvgIpc) is 3.16. The summed E-state index contributed by atoms with van der Waals surface area (Å²) in [5.41, 5.74) is 6.74. The number of amides is 1. The van der Waals surface area contributed by atoms with E-state index in [1.54, 1.807) is 12.1 Å². The number of halogens is 1. The second-order valence-electron chi connectivity index (χ2n) is 6.24. The Morgan fingerprint density at radius 3 is 2.70 bits per heavy atom. The van der Waals surface area contributed by atoms with Gasteiger partial charge in [0, 0.05) is 12.0 Å². The minimum absolute atomic E-state index is 0.0880. The van der Waals surface area contributed by atoms with Gasteiger partial charge < -0.3 is 11.1 Å². The van der Waals surface area contributed by atoms with E-state index in [1.165, 1.54) is 6.07 Å². The van der Waals surface area contributed by atoms with Gasteiger partial charge in [0.15, 0.2) is 0 Å². The van der Waals surface area contributed by atoms with Crippen LogP contribution in [0.1, 0.15) is 38.7 Å². The van der Waals surface area contributed by atoms with E-state index >= 15 is 0 Å². The summed E-state index contributed by atoms with van der Waals surface area (Å²) in [6.45, 7) is 4.63. The van der Waals surface area contributed by atoms with E-state index in [0.29, 0.717) is 18.9 Å². The molecule has 20 heavy (non-hydrogen) atoms. The van der Waals surface area contributed by atoms with Crippen molar-refractivity contribution in [2.45, 2.75) is 44.6 Å². The van der Waals surface area contributed by atoms with Crippen LogP contribution in [0.5, 0.6) is 0 Å². The van der Waals surface area contributed by atoms with Crippen LogP contribution in [0.15, 0.2) is 24.3 Å². The lowest BCUT2D eigenvalue weighted by molar-refractivity contribution is -0.122. The highest BCUT2D eigenvalue weighted by molar-refractivity contribution is 5.81. The molecule has 0 aromatic heterocycles. The van der Waals surface area contributed by atoms with Gasteiger partial charge in [-0.15, -0.1) is 0 Å². The second-order valence-corrected chi connectivity index (χ2v) is 6.24. The SMILES string of the molecule is CC(C)C[C@H](N)C(=O)NCC1(c2cccc(F)c2)CC1. The van der Waals surface area contributed by atoms with Crippen LogP contribution in [0.2, 0.25) is 0 Å². The first-order chi connectivity index (χ1) is 9.43. The van der Waals surface area contributed by atoms with Gasteiger partial charge >= 0.3 is 0 Å². The summed E-state index contributed by atoms with van der Waals surface area (Å²) in [7, 11) is 0. The van der Waals surface area contributed by atoms with Crippen molar-refractivity contribution >= 4 is 5.91 Å². The molecular formula is C16H23FN2O. The number of carbonyl (C=O) groups excluding carboxylic acids is 1. The Balaban J connectivity index is 1.92. The molecule has 3 nitrogen and oxygen atoms in total. The molecule has 0 spiro atoms. The van der Waals surface area contributed by atoms with Gasteiger partial charge in [-0.25, -0.2) is 4.39 Å². The van der Waals surface area contributed by atoms with Gasteiger partial charge in [-0.2, -0.15) is 0 Å². The third-order valence-electron chi connectivity index (χ3n) is 3.95. The molecule has 110 valence electrons. The molecule has 1 aromatic carbocycles. The average molecular weight is 278 g/mol. The standard InChI is InChI=1S/C16H23FN2O/c1-11(2)8-14(18)15(20)19-10-16(6-7-16)12-4-3-5-13(17)9-12/h3-5,9,11,14H,6-8,10,18H2,1-2H3,(H,19,20)/t14-/m0/s1. The molecule has 1 aliphatic carbocycles. The van der Waals surface area contributed by atoms with Crippen LogP contribution >= 0.6 is 0 Å². The maximum absolute atomic E-state index is 13.3. The van der Waals surface area contributed by atoms with E-state index in [1.807, 2.05) is 19.9 Å². The number of benzene rings is 1.